The summed E-state index contributed by atoms with van der Waals surface area (Å²) in [6.07, 6.45) is 8.33. The van der Waals surface area contributed by atoms with E-state index in [9.17, 15) is 0 Å². The second kappa shape index (κ2) is 7.87. The number of nitrogens with zero attached hydrogens (tertiary/aromatic N) is 6. The minimum atomic E-state index is 0.494. The molecule has 0 amide bonds. The highest BCUT2D eigenvalue weighted by molar-refractivity contribution is 7.99. The van der Waals surface area contributed by atoms with E-state index in [0.717, 1.165) is 23.3 Å². The molecule has 0 N–H and O–H groups in total. The molecule has 0 unspecified atom stereocenters. The third-order valence-electron chi connectivity index (χ3n) is 3.50. The lowest BCUT2D eigenvalue weighted by atomic mass is 10.2. The highest BCUT2D eigenvalue weighted by atomic mass is 32.2. The summed E-state index contributed by atoms with van der Waals surface area (Å²) in [5.41, 5.74) is 1.74. The summed E-state index contributed by atoms with van der Waals surface area (Å²) in [6, 6.07) is 7.36. The molecule has 4 aromatic rings. The molecule has 0 atom stereocenters. The summed E-state index contributed by atoms with van der Waals surface area (Å²) >= 11 is 1.50. The molecule has 0 spiro atoms. The standard InChI is InChI=1S/C17H14N6O2S/c1(2-14-20-15(23-25-14)12-3-7-18-8-4-12)11-26-17-22-21-16(24-17)13-5-9-19-10-6-13/h3-10H,1-2,11H2. The first-order chi connectivity index (χ1) is 12.9. The van der Waals surface area contributed by atoms with Crippen molar-refractivity contribution in [3.05, 3.63) is 54.9 Å². The monoisotopic (exact) mass is 366 g/mol. The lowest BCUT2D eigenvalue weighted by Crippen LogP contribution is -1.89. The Kier molecular flexibility index (Phi) is 4.97. The molecule has 4 rings (SSSR count). The molecule has 0 saturated carbocycles. The van der Waals surface area contributed by atoms with Crippen LogP contribution >= 0.6 is 11.8 Å². The van der Waals surface area contributed by atoms with Gasteiger partial charge in [-0.25, -0.2) is 0 Å². The molecule has 0 saturated heterocycles. The van der Waals surface area contributed by atoms with Crippen molar-refractivity contribution < 1.29 is 8.94 Å². The fourth-order valence-electron chi connectivity index (χ4n) is 2.24. The summed E-state index contributed by atoms with van der Waals surface area (Å²) < 4.78 is 10.9. The van der Waals surface area contributed by atoms with E-state index in [4.69, 9.17) is 8.94 Å². The smallest absolute Gasteiger partial charge is 0.276 e. The van der Waals surface area contributed by atoms with Crippen molar-refractivity contribution >= 4 is 11.8 Å². The van der Waals surface area contributed by atoms with E-state index in [1.165, 1.54) is 11.8 Å². The van der Waals surface area contributed by atoms with E-state index in [1.807, 2.05) is 24.3 Å². The van der Waals surface area contributed by atoms with Gasteiger partial charge in [0.1, 0.15) is 0 Å². The normalized spacial score (nSPS) is 10.9. The minimum Gasteiger partial charge on any atom is -0.411 e. The predicted molar refractivity (Wildman–Crippen MR) is 94.1 cm³/mol. The maximum absolute atomic E-state index is 5.64. The number of aryl methyl sites for hydroxylation is 1. The Morgan fingerprint density at radius 3 is 2.38 bits per heavy atom. The Bertz CT molecular complexity index is 878. The van der Waals surface area contributed by atoms with Gasteiger partial charge in [0.2, 0.25) is 17.6 Å². The Labute approximate surface area is 153 Å². The van der Waals surface area contributed by atoms with Crippen molar-refractivity contribution in [3.8, 4) is 22.8 Å². The van der Waals surface area contributed by atoms with E-state index < -0.39 is 0 Å². The summed E-state index contributed by atoms with van der Waals surface area (Å²) in [5.74, 6) is 2.49. The van der Waals surface area contributed by atoms with E-state index >= 15 is 0 Å². The molecule has 8 nitrogen and oxygen atoms in total. The zero-order valence-electron chi connectivity index (χ0n) is 13.6. The van der Waals surface area contributed by atoms with Crippen LogP contribution in [0.25, 0.3) is 22.8 Å². The SMILES string of the molecule is c1cc(-c2noc(CCCSc3nnc(-c4ccncc4)o3)n2)ccn1. The zero-order chi connectivity index (χ0) is 17.6. The third-order valence-corrected chi connectivity index (χ3v) is 4.41. The number of rotatable bonds is 7. The van der Waals surface area contributed by atoms with Crippen LogP contribution < -0.4 is 0 Å². The lowest BCUT2D eigenvalue weighted by molar-refractivity contribution is 0.378. The van der Waals surface area contributed by atoms with Crippen molar-refractivity contribution in [3.63, 3.8) is 0 Å². The quantitative estimate of drug-likeness (QED) is 0.360. The van der Waals surface area contributed by atoms with Gasteiger partial charge in [-0.3, -0.25) is 9.97 Å². The number of aromatic nitrogens is 6. The van der Waals surface area contributed by atoms with Crippen molar-refractivity contribution in [2.24, 2.45) is 0 Å². The Morgan fingerprint density at radius 2 is 1.62 bits per heavy atom. The van der Waals surface area contributed by atoms with E-state index in [2.05, 4.69) is 30.3 Å². The van der Waals surface area contributed by atoms with Gasteiger partial charge in [0.25, 0.3) is 5.22 Å². The summed E-state index contributed by atoms with van der Waals surface area (Å²) in [5, 5.41) is 12.6. The van der Waals surface area contributed by atoms with Gasteiger partial charge in [-0.1, -0.05) is 16.9 Å². The van der Waals surface area contributed by atoms with Crippen LogP contribution in [0.1, 0.15) is 12.3 Å². The van der Waals surface area contributed by atoms with E-state index in [0.29, 0.717) is 29.2 Å². The molecule has 4 heterocycles. The Balaban J connectivity index is 1.27. The molecular formula is C17H14N6O2S. The molecule has 0 radical (unpaired) electrons. The maximum Gasteiger partial charge on any atom is 0.276 e. The van der Waals surface area contributed by atoms with Gasteiger partial charge < -0.3 is 8.94 Å². The second-order valence-corrected chi connectivity index (χ2v) is 6.35. The van der Waals surface area contributed by atoms with E-state index in [-0.39, 0.29) is 0 Å². The van der Waals surface area contributed by atoms with Crippen LogP contribution in [0.15, 0.2) is 63.2 Å². The van der Waals surface area contributed by atoms with Gasteiger partial charge in [0.15, 0.2) is 0 Å². The first-order valence-electron chi connectivity index (χ1n) is 7.98. The van der Waals surface area contributed by atoms with Gasteiger partial charge >= 0.3 is 0 Å². The first-order valence-corrected chi connectivity index (χ1v) is 8.97. The maximum atomic E-state index is 5.64. The van der Waals surface area contributed by atoms with Gasteiger partial charge in [0, 0.05) is 48.1 Å². The average molecular weight is 366 g/mol. The van der Waals surface area contributed by atoms with Gasteiger partial charge in [0.05, 0.1) is 0 Å². The van der Waals surface area contributed by atoms with Crippen LogP contribution in [0.4, 0.5) is 0 Å². The number of hydrogen-bond acceptors (Lipinski definition) is 9. The van der Waals surface area contributed by atoms with Crippen molar-refractivity contribution in [1.82, 2.24) is 30.3 Å². The first kappa shape index (κ1) is 16.4. The van der Waals surface area contributed by atoms with Crippen molar-refractivity contribution in [2.45, 2.75) is 18.1 Å². The molecule has 0 bridgehead atoms. The predicted octanol–water partition coefficient (Wildman–Crippen LogP) is 3.30. The topological polar surface area (TPSA) is 104 Å². The Hall–Kier alpha value is -3.07. The molecule has 4 aromatic heterocycles. The molecule has 130 valence electrons. The molecule has 9 heteroatoms. The average Bonchev–Trinajstić information content (AvgIpc) is 3.37. The van der Waals surface area contributed by atoms with Crippen molar-refractivity contribution in [2.75, 3.05) is 5.75 Å². The summed E-state index contributed by atoms with van der Waals surface area (Å²) in [6.45, 7) is 0. The highest BCUT2D eigenvalue weighted by Gasteiger charge is 2.10. The van der Waals surface area contributed by atoms with Gasteiger partial charge in [-0.05, 0) is 30.7 Å². The van der Waals surface area contributed by atoms with Crippen LogP contribution in [-0.2, 0) is 6.42 Å². The zero-order valence-corrected chi connectivity index (χ0v) is 14.5. The molecule has 0 fully saturated rings. The second-order valence-electron chi connectivity index (χ2n) is 5.31. The fourth-order valence-corrected chi connectivity index (χ4v) is 2.94. The molecular weight excluding hydrogens is 352 g/mol. The van der Waals surface area contributed by atoms with Crippen molar-refractivity contribution in [1.29, 1.82) is 0 Å². The van der Waals surface area contributed by atoms with Crippen LogP contribution in [0.2, 0.25) is 0 Å². The minimum absolute atomic E-state index is 0.494. The fraction of sp³-hybridized carbons (Fsp3) is 0.176. The number of pyridine rings is 2. The van der Waals surface area contributed by atoms with Crippen LogP contribution in [-0.4, -0.2) is 36.1 Å². The lowest BCUT2D eigenvalue weighted by Gasteiger charge is -1.95. The summed E-state index contributed by atoms with van der Waals surface area (Å²) in [7, 11) is 0. The molecule has 0 aliphatic carbocycles. The van der Waals surface area contributed by atoms with Crippen LogP contribution in [0.5, 0.6) is 0 Å². The van der Waals surface area contributed by atoms with Crippen LogP contribution in [0.3, 0.4) is 0 Å². The van der Waals surface area contributed by atoms with Crippen LogP contribution in [0, 0.1) is 0 Å². The van der Waals surface area contributed by atoms with E-state index in [1.54, 1.807) is 24.8 Å². The molecule has 26 heavy (non-hydrogen) atoms. The number of hydrogen-bond donors (Lipinski definition) is 0. The molecule has 0 aliphatic heterocycles. The number of thioether (sulfide) groups is 1. The molecule has 0 aromatic carbocycles. The Morgan fingerprint density at radius 1 is 0.885 bits per heavy atom. The van der Waals surface area contributed by atoms with Gasteiger partial charge in [-0.2, -0.15) is 4.98 Å². The molecule has 0 aliphatic rings. The third kappa shape index (κ3) is 3.94. The summed E-state index contributed by atoms with van der Waals surface area (Å²) in [4.78, 5) is 12.3. The van der Waals surface area contributed by atoms with Gasteiger partial charge in [-0.15, -0.1) is 10.2 Å². The largest absolute Gasteiger partial charge is 0.411 e. The highest BCUT2D eigenvalue weighted by Crippen LogP contribution is 2.23.